The second kappa shape index (κ2) is 10.3. The number of nitrogens with one attached hydrogen (secondary N) is 1. The molecule has 0 heterocycles. The van der Waals surface area contributed by atoms with Crippen LogP contribution in [0.4, 0.5) is 0 Å². The van der Waals surface area contributed by atoms with Crippen LogP contribution < -0.4 is 15.8 Å². The summed E-state index contributed by atoms with van der Waals surface area (Å²) in [4.78, 5) is 12.9. The van der Waals surface area contributed by atoms with Crippen LogP contribution in [-0.4, -0.2) is 51.4 Å². The van der Waals surface area contributed by atoms with Crippen molar-refractivity contribution < 1.29 is 17.9 Å². The maximum atomic E-state index is 12.8. The highest BCUT2D eigenvalue weighted by Gasteiger charge is 2.29. The van der Waals surface area contributed by atoms with Gasteiger partial charge in [-0.25, -0.2) is 8.42 Å². The Bertz CT molecular complexity index is 738. The van der Waals surface area contributed by atoms with E-state index in [0.29, 0.717) is 25.4 Å². The van der Waals surface area contributed by atoms with Crippen molar-refractivity contribution >= 4 is 28.3 Å². The number of sulfonamides is 1. The van der Waals surface area contributed by atoms with E-state index in [1.165, 1.54) is 29.6 Å². The van der Waals surface area contributed by atoms with E-state index >= 15 is 0 Å². The molecule has 1 fully saturated rings. The number of hydrogen-bond donors (Lipinski definition) is 2. The first kappa shape index (κ1) is 23.7. The lowest BCUT2D eigenvalue weighted by atomic mass is 10.0. The molecule has 0 radical (unpaired) electrons. The predicted octanol–water partition coefficient (Wildman–Crippen LogP) is 2.00. The fourth-order valence-corrected chi connectivity index (χ4v) is 4.98. The molecule has 2 unspecified atom stereocenters. The van der Waals surface area contributed by atoms with Gasteiger partial charge in [-0.1, -0.05) is 20.3 Å². The Labute approximate surface area is 168 Å². The Morgan fingerprint density at radius 2 is 1.96 bits per heavy atom. The van der Waals surface area contributed by atoms with Crippen LogP contribution in [0.2, 0.25) is 0 Å². The average molecular weight is 420 g/mol. The van der Waals surface area contributed by atoms with Crippen LogP contribution in [0.25, 0.3) is 0 Å². The quantitative estimate of drug-likeness (QED) is 0.671. The van der Waals surface area contributed by atoms with Crippen LogP contribution in [0.15, 0.2) is 23.1 Å². The van der Waals surface area contributed by atoms with Crippen LogP contribution in [0.1, 0.15) is 43.5 Å². The molecule has 7 nitrogen and oxygen atoms in total. The van der Waals surface area contributed by atoms with Crippen LogP contribution >= 0.6 is 12.4 Å². The topological polar surface area (TPSA) is 102 Å². The number of halogens is 1. The molecule has 1 aromatic carbocycles. The number of carbonyl (C=O) groups is 1. The molecule has 0 saturated heterocycles. The normalized spacial score (nSPS) is 19.6. The first-order chi connectivity index (χ1) is 12.4. The Kier molecular flexibility index (Phi) is 9.01. The summed E-state index contributed by atoms with van der Waals surface area (Å²) in [6.07, 6.45) is 2.91. The number of methoxy groups -OCH3 is 1. The molecule has 2 rings (SSSR count). The zero-order valence-corrected chi connectivity index (χ0v) is 17.7. The van der Waals surface area contributed by atoms with E-state index in [9.17, 15) is 13.2 Å². The number of nitrogens with zero attached hydrogens (tertiary/aromatic N) is 1. The number of rotatable bonds is 8. The van der Waals surface area contributed by atoms with Crippen LogP contribution in [0, 0.1) is 5.92 Å². The van der Waals surface area contributed by atoms with Gasteiger partial charge in [0.25, 0.3) is 5.91 Å². The van der Waals surface area contributed by atoms with Crippen LogP contribution in [0.5, 0.6) is 5.75 Å². The maximum absolute atomic E-state index is 12.8. The number of amides is 1. The first-order valence-corrected chi connectivity index (χ1v) is 10.5. The van der Waals surface area contributed by atoms with Crippen LogP contribution in [-0.2, 0) is 10.0 Å². The van der Waals surface area contributed by atoms with Gasteiger partial charge in [0.1, 0.15) is 5.75 Å². The highest BCUT2D eigenvalue weighted by Crippen LogP contribution is 2.28. The lowest BCUT2D eigenvalue weighted by molar-refractivity contribution is 0.0925. The van der Waals surface area contributed by atoms with Crippen molar-refractivity contribution in [3.05, 3.63) is 23.8 Å². The molecule has 1 saturated carbocycles. The minimum atomic E-state index is -3.65. The van der Waals surface area contributed by atoms with Gasteiger partial charge >= 0.3 is 0 Å². The van der Waals surface area contributed by atoms with Gasteiger partial charge in [-0.2, -0.15) is 4.31 Å². The minimum absolute atomic E-state index is 0. The largest absolute Gasteiger partial charge is 0.496 e. The summed E-state index contributed by atoms with van der Waals surface area (Å²) >= 11 is 0. The highest BCUT2D eigenvalue weighted by molar-refractivity contribution is 7.89. The van der Waals surface area contributed by atoms with E-state index in [2.05, 4.69) is 5.32 Å². The SMILES string of the molecule is CCN(CC)S(=O)(=O)c1ccc(OC)c(C(=O)NC2CCCC2CN)c1.Cl. The summed E-state index contributed by atoms with van der Waals surface area (Å²) < 4.78 is 32.1. The third-order valence-corrected chi connectivity index (χ3v) is 7.08. The van der Waals surface area contributed by atoms with Crippen molar-refractivity contribution in [3.63, 3.8) is 0 Å². The third-order valence-electron chi connectivity index (χ3n) is 5.04. The molecule has 1 aliphatic carbocycles. The smallest absolute Gasteiger partial charge is 0.255 e. The summed E-state index contributed by atoms with van der Waals surface area (Å²) in [5.41, 5.74) is 6.00. The molecule has 1 aromatic rings. The second-order valence-electron chi connectivity index (χ2n) is 6.46. The van der Waals surface area contributed by atoms with Gasteiger partial charge in [0.05, 0.1) is 17.6 Å². The fourth-order valence-electron chi connectivity index (χ4n) is 3.49. The van der Waals surface area contributed by atoms with Gasteiger partial charge in [-0.15, -0.1) is 12.4 Å². The lowest BCUT2D eigenvalue weighted by Gasteiger charge is -2.21. The number of nitrogens with two attached hydrogens (primary N) is 1. The maximum Gasteiger partial charge on any atom is 0.255 e. The molecule has 2 atom stereocenters. The molecule has 154 valence electrons. The van der Waals surface area contributed by atoms with E-state index in [0.717, 1.165) is 19.3 Å². The van der Waals surface area contributed by atoms with Gasteiger partial charge in [0.2, 0.25) is 10.0 Å². The number of ether oxygens (including phenoxy) is 1. The second-order valence-corrected chi connectivity index (χ2v) is 8.40. The summed E-state index contributed by atoms with van der Waals surface area (Å²) in [6, 6.07) is 4.41. The Hall–Kier alpha value is -1.35. The van der Waals surface area contributed by atoms with Crippen molar-refractivity contribution in [2.24, 2.45) is 11.7 Å². The summed E-state index contributed by atoms with van der Waals surface area (Å²) in [7, 11) is -2.19. The number of hydrogen-bond acceptors (Lipinski definition) is 5. The van der Waals surface area contributed by atoms with E-state index in [1.807, 2.05) is 0 Å². The molecule has 27 heavy (non-hydrogen) atoms. The monoisotopic (exact) mass is 419 g/mol. The average Bonchev–Trinajstić information content (AvgIpc) is 3.08. The van der Waals surface area contributed by atoms with Crippen molar-refractivity contribution in [2.75, 3.05) is 26.7 Å². The highest BCUT2D eigenvalue weighted by atomic mass is 35.5. The molecule has 0 aromatic heterocycles. The zero-order valence-electron chi connectivity index (χ0n) is 16.1. The van der Waals surface area contributed by atoms with Crippen LogP contribution in [0.3, 0.4) is 0 Å². The van der Waals surface area contributed by atoms with Gasteiger partial charge in [0, 0.05) is 19.1 Å². The summed E-state index contributed by atoms with van der Waals surface area (Å²) in [5, 5.41) is 3.00. The van der Waals surface area contributed by atoms with Crippen molar-refractivity contribution in [3.8, 4) is 5.75 Å². The Morgan fingerprint density at radius 3 is 2.52 bits per heavy atom. The third kappa shape index (κ3) is 5.13. The Balaban J connectivity index is 0.00000364. The first-order valence-electron chi connectivity index (χ1n) is 9.08. The summed E-state index contributed by atoms with van der Waals surface area (Å²) in [6.45, 7) is 4.83. The zero-order chi connectivity index (χ0) is 19.3. The molecule has 0 spiro atoms. The van der Waals surface area contributed by atoms with E-state index in [4.69, 9.17) is 10.5 Å². The molecule has 1 amide bonds. The van der Waals surface area contributed by atoms with Crippen molar-refractivity contribution in [1.29, 1.82) is 0 Å². The van der Waals surface area contributed by atoms with Crippen molar-refractivity contribution in [2.45, 2.75) is 44.0 Å². The van der Waals surface area contributed by atoms with E-state index in [-0.39, 0.29) is 40.7 Å². The molecule has 3 N–H and O–H groups in total. The van der Waals surface area contributed by atoms with E-state index < -0.39 is 10.0 Å². The van der Waals surface area contributed by atoms with Gasteiger partial charge in [0.15, 0.2) is 0 Å². The Morgan fingerprint density at radius 1 is 1.30 bits per heavy atom. The van der Waals surface area contributed by atoms with Gasteiger partial charge < -0.3 is 15.8 Å². The van der Waals surface area contributed by atoms with E-state index in [1.54, 1.807) is 13.8 Å². The molecule has 9 heteroatoms. The molecule has 0 bridgehead atoms. The van der Waals surface area contributed by atoms with Gasteiger partial charge in [-0.05, 0) is 43.5 Å². The molecule has 1 aliphatic rings. The van der Waals surface area contributed by atoms with Gasteiger partial charge in [-0.3, -0.25) is 4.79 Å². The minimum Gasteiger partial charge on any atom is -0.496 e. The standard InChI is InChI=1S/C18H29N3O4S.ClH/c1-4-21(5-2)26(23,24)14-9-10-17(25-3)15(11-14)18(22)20-16-8-6-7-13(16)12-19;/h9-11,13,16H,4-8,12,19H2,1-3H3,(H,20,22);1H. The molecule has 0 aliphatic heterocycles. The molecular formula is C18H30ClN3O4S. The summed E-state index contributed by atoms with van der Waals surface area (Å²) in [5.74, 6) is 0.277. The fraction of sp³-hybridized carbons (Fsp3) is 0.611. The lowest BCUT2D eigenvalue weighted by Crippen LogP contribution is -2.40. The van der Waals surface area contributed by atoms with Crippen molar-refractivity contribution in [1.82, 2.24) is 9.62 Å². The molecular weight excluding hydrogens is 390 g/mol. The number of carbonyl (C=O) groups excluding carboxylic acids is 1. The predicted molar refractivity (Wildman–Crippen MR) is 108 cm³/mol. The number of benzene rings is 1.